The molecule has 0 aromatic heterocycles. The summed E-state index contributed by atoms with van der Waals surface area (Å²) in [5, 5.41) is 18.2. The van der Waals surface area contributed by atoms with E-state index in [0.717, 1.165) is 32.2 Å². The van der Waals surface area contributed by atoms with E-state index in [1.54, 1.807) is 22.2 Å². The lowest BCUT2D eigenvalue weighted by Crippen LogP contribution is -2.50. The summed E-state index contributed by atoms with van der Waals surface area (Å²) >= 11 is 5.48. The number of thiocarbonyl (C=S) groups is 1. The second-order valence-corrected chi connectivity index (χ2v) is 7.48. The quantitative estimate of drug-likeness (QED) is 0.315. The molecule has 1 N–H and O–H groups in total. The van der Waals surface area contributed by atoms with Gasteiger partial charge in [-0.05, 0) is 56.8 Å². The van der Waals surface area contributed by atoms with Gasteiger partial charge in [0.05, 0.1) is 4.92 Å². The van der Waals surface area contributed by atoms with Crippen molar-refractivity contribution < 1.29 is 14.5 Å². The normalized spacial score (nSPS) is 16.3. The van der Waals surface area contributed by atoms with Gasteiger partial charge in [-0.1, -0.05) is 23.8 Å². The first-order chi connectivity index (χ1) is 14.1. The second-order valence-electron chi connectivity index (χ2n) is 7.10. The Labute approximate surface area is 175 Å². The van der Waals surface area contributed by atoms with E-state index in [-0.39, 0.29) is 24.0 Å². The van der Waals surface area contributed by atoms with Crippen LogP contribution in [-0.4, -0.2) is 52.2 Å². The Hall–Kier alpha value is -2.68. The lowest BCUT2D eigenvalue weighted by atomic mass is 9.97. The molecule has 9 heteroatoms. The summed E-state index contributed by atoms with van der Waals surface area (Å²) in [7, 11) is 0. The van der Waals surface area contributed by atoms with Crippen LogP contribution in [0.15, 0.2) is 35.9 Å². The van der Waals surface area contributed by atoms with E-state index in [9.17, 15) is 14.9 Å². The molecule has 0 bridgehead atoms. The zero-order valence-electron chi connectivity index (χ0n) is 16.3. The van der Waals surface area contributed by atoms with Gasteiger partial charge in [0.1, 0.15) is 0 Å². The van der Waals surface area contributed by atoms with E-state index in [4.69, 9.17) is 17.0 Å². The fraction of sp³-hybridized carbons (Fsp3) is 0.500. The smallest absolute Gasteiger partial charge is 0.310 e. The van der Waals surface area contributed by atoms with Crippen LogP contribution >= 0.6 is 12.2 Å². The summed E-state index contributed by atoms with van der Waals surface area (Å²) in [5.74, 6) is -0.196. The first-order valence-corrected chi connectivity index (χ1v) is 10.4. The topological polar surface area (TPSA) is 87.9 Å². The highest BCUT2D eigenvalue weighted by atomic mass is 32.1. The van der Waals surface area contributed by atoms with Gasteiger partial charge in [-0.3, -0.25) is 19.9 Å². The largest absolute Gasteiger partial charge is 0.477 e. The van der Waals surface area contributed by atoms with Crippen molar-refractivity contribution >= 4 is 28.9 Å². The summed E-state index contributed by atoms with van der Waals surface area (Å²) in [6, 6.07) is 6.03. The van der Waals surface area contributed by atoms with Crippen LogP contribution in [0.25, 0.3) is 0 Å². The molecule has 1 aliphatic heterocycles. The molecule has 0 unspecified atom stereocenters. The monoisotopic (exact) mass is 418 g/mol. The van der Waals surface area contributed by atoms with Crippen LogP contribution in [0.5, 0.6) is 5.75 Å². The molecule has 0 atom stereocenters. The number of allylic oxidation sites excluding steroid dienone is 1. The van der Waals surface area contributed by atoms with Crippen molar-refractivity contribution in [1.29, 1.82) is 0 Å². The van der Waals surface area contributed by atoms with Gasteiger partial charge in [0, 0.05) is 25.7 Å². The van der Waals surface area contributed by atoms with Gasteiger partial charge in [-0.2, -0.15) is 0 Å². The minimum absolute atomic E-state index is 0.0815. The molecular formula is C20H26N4O4S. The number of nitrogens with one attached hydrogen (secondary N) is 1. The van der Waals surface area contributed by atoms with E-state index < -0.39 is 4.92 Å². The third-order valence-electron chi connectivity index (χ3n) is 5.07. The van der Waals surface area contributed by atoms with Crippen molar-refractivity contribution in [2.45, 2.75) is 38.5 Å². The lowest BCUT2D eigenvalue weighted by Gasteiger charge is -2.30. The zero-order chi connectivity index (χ0) is 20.6. The van der Waals surface area contributed by atoms with Crippen LogP contribution < -0.4 is 10.1 Å². The molecule has 1 aliphatic carbocycles. The summed E-state index contributed by atoms with van der Waals surface area (Å²) in [6.07, 6.45) is 8.94. The van der Waals surface area contributed by atoms with Crippen molar-refractivity contribution in [3.63, 3.8) is 0 Å². The fourth-order valence-electron chi connectivity index (χ4n) is 3.58. The fourth-order valence-corrected chi connectivity index (χ4v) is 3.87. The van der Waals surface area contributed by atoms with Gasteiger partial charge >= 0.3 is 5.69 Å². The van der Waals surface area contributed by atoms with Gasteiger partial charge in [-0.15, -0.1) is 0 Å². The third-order valence-corrected chi connectivity index (χ3v) is 5.43. The molecule has 1 heterocycles. The molecule has 156 valence electrons. The zero-order valence-corrected chi connectivity index (χ0v) is 17.2. The van der Waals surface area contributed by atoms with E-state index >= 15 is 0 Å². The van der Waals surface area contributed by atoms with E-state index in [1.807, 2.05) is 0 Å². The standard InChI is InChI=1S/C20H26N4O4S/c25-19(15-28-18-10-5-4-9-17(18)24(26)27)22-13-6-14-23(22)20(29)21-12-11-16-7-2-1-3-8-16/h4-5,7,9-10H,1-3,6,8,11-15H2,(H,21,29). The molecule has 8 nitrogen and oxygen atoms in total. The predicted octanol–water partition coefficient (Wildman–Crippen LogP) is 3.19. The number of carbonyl (C=O) groups excluding carboxylic acids is 1. The Bertz CT molecular complexity index is 798. The van der Waals surface area contributed by atoms with Gasteiger partial charge in [-0.25, -0.2) is 5.01 Å². The Morgan fingerprint density at radius 3 is 2.76 bits per heavy atom. The Kier molecular flexibility index (Phi) is 7.40. The van der Waals surface area contributed by atoms with Crippen LogP contribution in [0.1, 0.15) is 38.5 Å². The molecule has 0 saturated carbocycles. The van der Waals surface area contributed by atoms with Gasteiger partial charge in [0.25, 0.3) is 5.91 Å². The number of amides is 1. The summed E-state index contributed by atoms with van der Waals surface area (Å²) in [6.45, 7) is 1.67. The van der Waals surface area contributed by atoms with Crippen molar-refractivity contribution in [3.05, 3.63) is 46.0 Å². The van der Waals surface area contributed by atoms with Gasteiger partial charge in [0.15, 0.2) is 17.5 Å². The molecule has 2 aliphatic rings. The molecule has 1 aromatic carbocycles. The minimum atomic E-state index is -0.525. The molecule has 0 radical (unpaired) electrons. The average molecular weight is 419 g/mol. The maximum absolute atomic E-state index is 12.6. The predicted molar refractivity (Wildman–Crippen MR) is 113 cm³/mol. The summed E-state index contributed by atoms with van der Waals surface area (Å²) < 4.78 is 5.43. The van der Waals surface area contributed by atoms with Crippen molar-refractivity contribution in [2.75, 3.05) is 26.2 Å². The highest BCUT2D eigenvalue weighted by Crippen LogP contribution is 2.26. The Morgan fingerprint density at radius 2 is 2.00 bits per heavy atom. The molecule has 1 fully saturated rings. The Balaban J connectivity index is 1.50. The van der Waals surface area contributed by atoms with Crippen LogP contribution in [0.2, 0.25) is 0 Å². The number of rotatable bonds is 7. The number of nitro benzene ring substituents is 1. The maximum Gasteiger partial charge on any atom is 0.310 e. The number of carbonyl (C=O) groups is 1. The summed E-state index contributed by atoms with van der Waals surface area (Å²) in [4.78, 5) is 23.2. The van der Waals surface area contributed by atoms with Crippen molar-refractivity contribution in [1.82, 2.24) is 15.3 Å². The third kappa shape index (κ3) is 5.66. The number of para-hydroxylation sites is 2. The minimum Gasteiger partial charge on any atom is -0.477 e. The molecular weight excluding hydrogens is 392 g/mol. The van der Waals surface area contributed by atoms with E-state index in [2.05, 4.69) is 11.4 Å². The lowest BCUT2D eigenvalue weighted by molar-refractivity contribution is -0.385. The molecule has 1 saturated heterocycles. The summed E-state index contributed by atoms with van der Waals surface area (Å²) in [5.41, 5.74) is 1.31. The van der Waals surface area contributed by atoms with E-state index in [1.165, 1.54) is 30.5 Å². The number of ether oxygens (including phenoxy) is 1. The highest BCUT2D eigenvalue weighted by molar-refractivity contribution is 7.80. The number of nitro groups is 1. The van der Waals surface area contributed by atoms with Crippen LogP contribution in [0, 0.1) is 10.1 Å². The average Bonchev–Trinajstić information content (AvgIpc) is 3.23. The molecule has 1 amide bonds. The van der Waals surface area contributed by atoms with Crippen molar-refractivity contribution in [2.24, 2.45) is 0 Å². The molecule has 3 rings (SSSR count). The van der Waals surface area contributed by atoms with Crippen LogP contribution in [-0.2, 0) is 4.79 Å². The highest BCUT2D eigenvalue weighted by Gasteiger charge is 2.29. The van der Waals surface area contributed by atoms with E-state index in [0.29, 0.717) is 18.2 Å². The van der Waals surface area contributed by atoms with Crippen LogP contribution in [0.4, 0.5) is 5.69 Å². The SMILES string of the molecule is O=C(COc1ccccc1[N+](=O)[O-])N1CCCN1C(=S)NCCC1=CCCCC1. The number of benzene rings is 1. The van der Waals surface area contributed by atoms with Gasteiger partial charge < -0.3 is 10.1 Å². The molecule has 0 spiro atoms. The maximum atomic E-state index is 12.6. The van der Waals surface area contributed by atoms with Crippen molar-refractivity contribution in [3.8, 4) is 5.75 Å². The molecule has 29 heavy (non-hydrogen) atoms. The number of hydrogen-bond acceptors (Lipinski definition) is 5. The Morgan fingerprint density at radius 1 is 1.21 bits per heavy atom. The number of hydrogen-bond donors (Lipinski definition) is 1. The number of nitrogens with zero attached hydrogens (tertiary/aromatic N) is 3. The second kappa shape index (κ2) is 10.2. The first kappa shape index (κ1) is 21.0. The molecule has 1 aromatic rings. The number of hydrazine groups is 1. The van der Waals surface area contributed by atoms with Crippen LogP contribution in [0.3, 0.4) is 0 Å². The first-order valence-electron chi connectivity index (χ1n) is 9.96. The van der Waals surface area contributed by atoms with Gasteiger partial charge in [0.2, 0.25) is 0 Å².